The SMILES string of the molecule is Fc1cnc(N2CCCNCC2)nc1Nc1ccc2[nH]ncc2c1. The molecule has 0 spiro atoms. The van der Waals surface area contributed by atoms with Gasteiger partial charge in [0, 0.05) is 30.7 Å². The second kappa shape index (κ2) is 6.40. The molecule has 24 heavy (non-hydrogen) atoms. The second-order valence-corrected chi connectivity index (χ2v) is 5.75. The summed E-state index contributed by atoms with van der Waals surface area (Å²) in [6, 6.07) is 5.65. The van der Waals surface area contributed by atoms with Crippen LogP contribution < -0.4 is 15.5 Å². The fraction of sp³-hybridized carbons (Fsp3) is 0.312. The first-order valence-electron chi connectivity index (χ1n) is 7.98. The quantitative estimate of drug-likeness (QED) is 0.683. The monoisotopic (exact) mass is 327 g/mol. The fourth-order valence-electron chi connectivity index (χ4n) is 2.80. The summed E-state index contributed by atoms with van der Waals surface area (Å²) in [6.45, 7) is 3.53. The van der Waals surface area contributed by atoms with E-state index in [1.165, 1.54) is 6.20 Å². The maximum absolute atomic E-state index is 14.1. The van der Waals surface area contributed by atoms with Gasteiger partial charge in [-0.25, -0.2) is 9.37 Å². The van der Waals surface area contributed by atoms with Crippen molar-refractivity contribution in [2.75, 3.05) is 36.4 Å². The molecule has 4 rings (SSSR count). The molecule has 3 N–H and O–H groups in total. The van der Waals surface area contributed by atoms with Crippen molar-refractivity contribution in [1.29, 1.82) is 0 Å². The number of hydrogen-bond acceptors (Lipinski definition) is 6. The molecule has 3 heterocycles. The highest BCUT2D eigenvalue weighted by atomic mass is 19.1. The molecule has 0 saturated carbocycles. The molecular weight excluding hydrogens is 309 g/mol. The van der Waals surface area contributed by atoms with E-state index in [1.54, 1.807) is 6.20 Å². The Morgan fingerprint density at radius 3 is 3.08 bits per heavy atom. The van der Waals surface area contributed by atoms with Crippen molar-refractivity contribution < 1.29 is 4.39 Å². The van der Waals surface area contributed by atoms with E-state index in [-0.39, 0.29) is 5.82 Å². The molecule has 0 bridgehead atoms. The largest absolute Gasteiger partial charge is 0.339 e. The number of nitrogens with zero attached hydrogens (tertiary/aromatic N) is 4. The average Bonchev–Trinajstić information content (AvgIpc) is 2.89. The minimum atomic E-state index is -0.473. The number of rotatable bonds is 3. The number of nitrogens with one attached hydrogen (secondary N) is 3. The lowest BCUT2D eigenvalue weighted by Crippen LogP contribution is -2.29. The lowest BCUT2D eigenvalue weighted by Gasteiger charge is -2.20. The molecule has 7 nitrogen and oxygen atoms in total. The van der Waals surface area contributed by atoms with E-state index in [0.717, 1.165) is 49.2 Å². The minimum absolute atomic E-state index is 0.181. The second-order valence-electron chi connectivity index (χ2n) is 5.75. The molecular formula is C16H18FN7. The van der Waals surface area contributed by atoms with Gasteiger partial charge in [0.1, 0.15) is 0 Å². The Balaban J connectivity index is 1.60. The Hall–Kier alpha value is -2.74. The van der Waals surface area contributed by atoms with Crippen LogP contribution in [-0.4, -0.2) is 46.3 Å². The van der Waals surface area contributed by atoms with Crippen LogP contribution in [0.3, 0.4) is 0 Å². The van der Waals surface area contributed by atoms with E-state index >= 15 is 0 Å². The van der Waals surface area contributed by atoms with Crippen LogP contribution >= 0.6 is 0 Å². The van der Waals surface area contributed by atoms with Crippen molar-refractivity contribution >= 4 is 28.4 Å². The minimum Gasteiger partial charge on any atom is -0.339 e. The third kappa shape index (κ3) is 3.00. The molecule has 8 heteroatoms. The number of halogens is 1. The number of fused-ring (bicyclic) bond motifs is 1. The molecule has 0 unspecified atom stereocenters. The van der Waals surface area contributed by atoms with Gasteiger partial charge in [-0.2, -0.15) is 10.1 Å². The van der Waals surface area contributed by atoms with Crippen LogP contribution in [0.1, 0.15) is 6.42 Å². The van der Waals surface area contributed by atoms with Crippen molar-refractivity contribution in [1.82, 2.24) is 25.5 Å². The molecule has 1 aromatic carbocycles. The van der Waals surface area contributed by atoms with Gasteiger partial charge < -0.3 is 15.5 Å². The summed E-state index contributed by atoms with van der Waals surface area (Å²) in [5, 5.41) is 14.2. The molecule has 0 atom stereocenters. The van der Waals surface area contributed by atoms with Gasteiger partial charge in [-0.15, -0.1) is 0 Å². The van der Waals surface area contributed by atoms with Gasteiger partial charge in [-0.05, 0) is 31.2 Å². The van der Waals surface area contributed by atoms with Gasteiger partial charge in [0.05, 0.1) is 17.9 Å². The summed E-state index contributed by atoms with van der Waals surface area (Å²) < 4.78 is 14.1. The third-order valence-corrected chi connectivity index (χ3v) is 4.06. The third-order valence-electron chi connectivity index (χ3n) is 4.06. The Morgan fingerprint density at radius 1 is 1.17 bits per heavy atom. The lowest BCUT2D eigenvalue weighted by molar-refractivity contribution is 0.616. The van der Waals surface area contributed by atoms with Crippen molar-refractivity contribution in [3.63, 3.8) is 0 Å². The van der Waals surface area contributed by atoms with E-state index in [1.807, 2.05) is 18.2 Å². The Kier molecular flexibility index (Phi) is 3.96. The van der Waals surface area contributed by atoms with Crippen LogP contribution in [0.15, 0.2) is 30.6 Å². The first kappa shape index (κ1) is 14.8. The van der Waals surface area contributed by atoms with Crippen molar-refractivity contribution in [3.05, 3.63) is 36.4 Å². The predicted octanol–water partition coefficient (Wildman–Crippen LogP) is 2.04. The molecule has 124 valence electrons. The number of aromatic nitrogens is 4. The normalized spacial score (nSPS) is 15.5. The van der Waals surface area contributed by atoms with Crippen molar-refractivity contribution in [3.8, 4) is 0 Å². The molecule has 1 aliphatic heterocycles. The first-order chi connectivity index (χ1) is 11.8. The zero-order valence-electron chi connectivity index (χ0n) is 13.1. The first-order valence-corrected chi connectivity index (χ1v) is 7.98. The van der Waals surface area contributed by atoms with Gasteiger partial charge >= 0.3 is 0 Å². The standard InChI is InChI=1S/C16H18FN7/c17-13-10-19-16(24-6-1-4-18-5-7-24)22-15(13)21-12-2-3-14-11(8-12)9-20-23-14/h2-3,8-10,18H,1,4-7H2,(H,20,23)(H,19,21,22). The topological polar surface area (TPSA) is 81.8 Å². The van der Waals surface area contributed by atoms with Crippen molar-refractivity contribution in [2.24, 2.45) is 0 Å². The number of H-pyrrole nitrogens is 1. The van der Waals surface area contributed by atoms with Gasteiger partial charge in [0.25, 0.3) is 0 Å². The molecule has 1 aliphatic rings. The van der Waals surface area contributed by atoms with Crippen LogP contribution in [0.4, 0.5) is 21.8 Å². The summed E-state index contributed by atoms with van der Waals surface area (Å²) in [7, 11) is 0. The van der Waals surface area contributed by atoms with Gasteiger partial charge in [-0.1, -0.05) is 0 Å². The summed E-state index contributed by atoms with van der Waals surface area (Å²) in [5.74, 6) is 0.256. The number of aromatic amines is 1. The fourth-order valence-corrected chi connectivity index (χ4v) is 2.80. The van der Waals surface area contributed by atoms with Crippen LogP contribution in [0.2, 0.25) is 0 Å². The summed E-state index contributed by atoms with van der Waals surface area (Å²) in [6.07, 6.45) is 3.96. The van der Waals surface area contributed by atoms with Crippen LogP contribution in [0.25, 0.3) is 10.9 Å². The highest BCUT2D eigenvalue weighted by Crippen LogP contribution is 2.23. The smallest absolute Gasteiger partial charge is 0.227 e. The highest BCUT2D eigenvalue weighted by molar-refractivity contribution is 5.82. The van der Waals surface area contributed by atoms with E-state index in [4.69, 9.17) is 0 Å². The Bertz CT molecular complexity index is 839. The Labute approximate surface area is 138 Å². The van der Waals surface area contributed by atoms with Gasteiger partial charge in [0.2, 0.25) is 5.95 Å². The van der Waals surface area contributed by atoms with Crippen molar-refractivity contribution in [2.45, 2.75) is 6.42 Å². The van der Waals surface area contributed by atoms with Crippen LogP contribution in [-0.2, 0) is 0 Å². The summed E-state index contributed by atoms with van der Waals surface area (Å²) in [4.78, 5) is 10.6. The molecule has 1 saturated heterocycles. The summed E-state index contributed by atoms with van der Waals surface area (Å²) in [5.41, 5.74) is 1.69. The Morgan fingerprint density at radius 2 is 2.12 bits per heavy atom. The molecule has 1 fully saturated rings. The molecule has 0 amide bonds. The number of anilines is 3. The van der Waals surface area contributed by atoms with E-state index in [9.17, 15) is 4.39 Å². The zero-order valence-corrected chi connectivity index (χ0v) is 13.1. The van der Waals surface area contributed by atoms with Crippen LogP contribution in [0, 0.1) is 5.82 Å². The predicted molar refractivity (Wildman–Crippen MR) is 91.1 cm³/mol. The molecule has 0 radical (unpaired) electrons. The molecule has 3 aromatic rings. The average molecular weight is 327 g/mol. The number of benzene rings is 1. The van der Waals surface area contributed by atoms with E-state index in [2.05, 4.69) is 35.7 Å². The summed E-state index contributed by atoms with van der Waals surface area (Å²) >= 11 is 0. The molecule has 2 aromatic heterocycles. The highest BCUT2D eigenvalue weighted by Gasteiger charge is 2.15. The van der Waals surface area contributed by atoms with Gasteiger partial charge in [0.15, 0.2) is 11.6 Å². The van der Waals surface area contributed by atoms with Gasteiger partial charge in [-0.3, -0.25) is 5.10 Å². The van der Waals surface area contributed by atoms with Crippen LogP contribution in [0.5, 0.6) is 0 Å². The van der Waals surface area contributed by atoms with E-state index in [0.29, 0.717) is 5.95 Å². The zero-order chi connectivity index (χ0) is 16.4. The number of hydrogen-bond donors (Lipinski definition) is 3. The maximum atomic E-state index is 14.1. The molecule has 0 aliphatic carbocycles. The van der Waals surface area contributed by atoms with E-state index < -0.39 is 5.82 Å². The lowest BCUT2D eigenvalue weighted by atomic mass is 10.2. The maximum Gasteiger partial charge on any atom is 0.227 e.